The zero-order valence-electron chi connectivity index (χ0n) is 19.6. The molecule has 10 nitrogen and oxygen atoms in total. The summed E-state index contributed by atoms with van der Waals surface area (Å²) in [5, 5.41) is 13.3. The third kappa shape index (κ3) is 6.21. The Bertz CT molecular complexity index is 1390. The first-order valence-corrected chi connectivity index (χ1v) is 12.5. The van der Waals surface area contributed by atoms with Gasteiger partial charge in [-0.05, 0) is 35.7 Å². The Morgan fingerprint density at radius 3 is 2.57 bits per heavy atom. The van der Waals surface area contributed by atoms with Crippen LogP contribution >= 0.6 is 0 Å². The number of sulfonamides is 1. The zero-order chi connectivity index (χ0) is 25.8. The van der Waals surface area contributed by atoms with E-state index in [4.69, 9.17) is 4.74 Å². The molecule has 0 saturated carbocycles. The van der Waals surface area contributed by atoms with Crippen LogP contribution in [0.3, 0.4) is 0 Å². The van der Waals surface area contributed by atoms with Crippen molar-refractivity contribution in [2.75, 3.05) is 40.1 Å². The summed E-state index contributed by atoms with van der Waals surface area (Å²) in [7, 11) is -0.601. The molecule has 0 saturated heterocycles. The molecule has 2 N–H and O–H groups in total. The van der Waals surface area contributed by atoms with Gasteiger partial charge < -0.3 is 19.7 Å². The Kier molecular flexibility index (Phi) is 8.20. The maximum absolute atomic E-state index is 13.2. The number of carbonyl (C=O) groups excluding carboxylic acids is 1. The van der Waals surface area contributed by atoms with Crippen LogP contribution in [0, 0.1) is 5.82 Å². The van der Waals surface area contributed by atoms with E-state index in [0.717, 1.165) is 21.7 Å². The van der Waals surface area contributed by atoms with Gasteiger partial charge in [-0.2, -0.15) is 0 Å². The maximum Gasteiger partial charge on any atom is 0.267 e. The number of aromatic nitrogens is 2. The Balaban J connectivity index is 1.98. The van der Waals surface area contributed by atoms with Crippen LogP contribution in [0.1, 0.15) is 21.5 Å². The quantitative estimate of drug-likeness (QED) is 0.421. The van der Waals surface area contributed by atoms with Gasteiger partial charge in [-0.25, -0.2) is 17.1 Å². The monoisotopic (exact) mass is 506 g/mol. The minimum atomic E-state index is -3.43. The normalized spacial score (nSPS) is 11.8. The molecule has 12 heteroatoms. The number of hydrogen-bond acceptors (Lipinski definition) is 7. The first-order valence-electron chi connectivity index (χ1n) is 10.7. The molecule has 35 heavy (non-hydrogen) atoms. The number of carbonyl (C=O) groups is 1. The molecule has 2 heterocycles. The number of aromatic hydroxyl groups is 1. The fraction of sp³-hybridized carbons (Fsp3) is 0.348. The number of amides is 1. The number of halogens is 1. The van der Waals surface area contributed by atoms with Crippen molar-refractivity contribution in [1.29, 1.82) is 0 Å². The number of ether oxygens (including phenoxy) is 1. The highest BCUT2D eigenvalue weighted by Gasteiger charge is 2.23. The Hall–Kier alpha value is -3.35. The minimum Gasteiger partial charge on any atom is -0.505 e. The lowest BCUT2D eigenvalue weighted by Gasteiger charge is -2.16. The van der Waals surface area contributed by atoms with E-state index in [-0.39, 0.29) is 37.6 Å². The minimum absolute atomic E-state index is 0.0121. The van der Waals surface area contributed by atoms with Crippen LogP contribution in [-0.2, 0) is 27.7 Å². The molecule has 0 spiro atoms. The number of nitrogens with zero attached hydrogens (tertiary/aromatic N) is 3. The Labute approximate surface area is 202 Å². The van der Waals surface area contributed by atoms with E-state index in [0.29, 0.717) is 11.9 Å². The summed E-state index contributed by atoms with van der Waals surface area (Å²) >= 11 is 0. The van der Waals surface area contributed by atoms with E-state index in [2.05, 4.69) is 10.3 Å². The zero-order valence-corrected chi connectivity index (χ0v) is 20.4. The molecule has 0 radical (unpaired) electrons. The number of pyridine rings is 2. The topological polar surface area (TPSA) is 131 Å². The fourth-order valence-corrected chi connectivity index (χ4v) is 3.89. The van der Waals surface area contributed by atoms with Crippen LogP contribution < -0.4 is 10.9 Å². The summed E-state index contributed by atoms with van der Waals surface area (Å²) < 4.78 is 43.7. The van der Waals surface area contributed by atoms with Crippen LogP contribution in [0.4, 0.5) is 4.39 Å². The number of methoxy groups -OCH3 is 1. The molecule has 0 aliphatic heterocycles. The number of likely N-dealkylation sites (N-methyl/N-ethyl adjacent to an activating group) is 1. The van der Waals surface area contributed by atoms with Gasteiger partial charge in [0.25, 0.3) is 11.5 Å². The Morgan fingerprint density at radius 2 is 1.94 bits per heavy atom. The van der Waals surface area contributed by atoms with Gasteiger partial charge in [0.05, 0.1) is 18.4 Å². The highest BCUT2D eigenvalue weighted by Crippen LogP contribution is 2.26. The van der Waals surface area contributed by atoms with Crippen LogP contribution in [-0.4, -0.2) is 73.4 Å². The molecular weight excluding hydrogens is 479 g/mol. The van der Waals surface area contributed by atoms with Gasteiger partial charge in [0.2, 0.25) is 10.0 Å². The molecule has 3 rings (SSSR count). The van der Waals surface area contributed by atoms with Gasteiger partial charge in [0.15, 0.2) is 5.75 Å². The van der Waals surface area contributed by atoms with Crippen molar-refractivity contribution in [1.82, 2.24) is 19.2 Å². The summed E-state index contributed by atoms with van der Waals surface area (Å²) in [6.45, 7) is 0.191. The van der Waals surface area contributed by atoms with E-state index in [1.807, 2.05) is 0 Å². The highest BCUT2D eigenvalue weighted by molar-refractivity contribution is 7.88. The van der Waals surface area contributed by atoms with Gasteiger partial charge in [0.1, 0.15) is 16.9 Å². The Morgan fingerprint density at radius 1 is 1.26 bits per heavy atom. The van der Waals surface area contributed by atoms with Gasteiger partial charge >= 0.3 is 0 Å². The smallest absolute Gasteiger partial charge is 0.267 e. The molecule has 0 unspecified atom stereocenters. The summed E-state index contributed by atoms with van der Waals surface area (Å²) in [5.74, 6) is -1.77. The summed E-state index contributed by atoms with van der Waals surface area (Å²) in [4.78, 5) is 30.3. The number of nitrogens with one attached hydrogen (secondary N) is 1. The molecule has 3 aromatic rings. The second-order valence-corrected chi connectivity index (χ2v) is 10.1. The number of benzene rings is 1. The number of rotatable bonds is 10. The molecule has 0 aliphatic rings. The summed E-state index contributed by atoms with van der Waals surface area (Å²) in [6.07, 6.45) is 2.96. The summed E-state index contributed by atoms with van der Waals surface area (Å²) in [6, 6.07) is 7.67. The summed E-state index contributed by atoms with van der Waals surface area (Å²) in [5.41, 5.74) is 0.698. The predicted molar refractivity (Wildman–Crippen MR) is 129 cm³/mol. The highest BCUT2D eigenvalue weighted by atomic mass is 32.2. The van der Waals surface area contributed by atoms with Crippen LogP contribution in [0.5, 0.6) is 5.75 Å². The van der Waals surface area contributed by atoms with Crippen molar-refractivity contribution in [2.24, 2.45) is 0 Å². The maximum atomic E-state index is 13.2. The first kappa shape index (κ1) is 26.3. The first-order chi connectivity index (χ1) is 16.5. The van der Waals surface area contributed by atoms with Crippen molar-refractivity contribution in [3.8, 4) is 5.75 Å². The molecule has 2 aromatic heterocycles. The molecule has 0 bridgehead atoms. The van der Waals surface area contributed by atoms with E-state index in [1.165, 1.54) is 37.1 Å². The SMILES string of the molecule is COCCn1c(=O)c(C(=O)NCCN(C)S(C)(=O)=O)c(O)c2ncc(Cc3ccc(F)cc3)cc21. The van der Waals surface area contributed by atoms with Crippen LogP contribution in [0.25, 0.3) is 11.0 Å². The van der Waals surface area contributed by atoms with Crippen molar-refractivity contribution < 1.29 is 27.4 Å². The number of hydrogen-bond donors (Lipinski definition) is 2. The van der Waals surface area contributed by atoms with Crippen molar-refractivity contribution in [2.45, 2.75) is 13.0 Å². The standard InChI is InChI=1S/C23H27FN4O6S/c1-27(35(3,32)33)9-8-25-22(30)19-21(29)20-18(28(23(19)31)10-11-34-2)13-16(14-26-20)12-15-4-6-17(24)7-5-15/h4-7,13-14,29H,8-12H2,1-3H3,(H,25,30). The van der Waals surface area contributed by atoms with E-state index >= 15 is 0 Å². The third-order valence-electron chi connectivity index (χ3n) is 5.48. The van der Waals surface area contributed by atoms with Crippen LogP contribution in [0.2, 0.25) is 0 Å². The molecule has 1 aromatic carbocycles. The molecule has 0 fully saturated rings. The molecule has 188 valence electrons. The van der Waals surface area contributed by atoms with Gasteiger partial charge in [-0.15, -0.1) is 0 Å². The van der Waals surface area contributed by atoms with Gasteiger partial charge in [-0.3, -0.25) is 14.6 Å². The third-order valence-corrected chi connectivity index (χ3v) is 6.80. The predicted octanol–water partition coefficient (Wildman–Crippen LogP) is 1.10. The molecule has 1 amide bonds. The van der Waals surface area contributed by atoms with Crippen LogP contribution in [0.15, 0.2) is 41.3 Å². The second-order valence-electron chi connectivity index (χ2n) is 8.03. The molecular formula is C23H27FN4O6S. The fourth-order valence-electron chi connectivity index (χ4n) is 3.47. The van der Waals surface area contributed by atoms with Gasteiger partial charge in [0, 0.05) is 40.0 Å². The van der Waals surface area contributed by atoms with Crippen molar-refractivity contribution >= 4 is 27.0 Å². The van der Waals surface area contributed by atoms with Gasteiger partial charge in [-0.1, -0.05) is 12.1 Å². The lowest BCUT2D eigenvalue weighted by Crippen LogP contribution is -2.38. The largest absolute Gasteiger partial charge is 0.505 e. The second kappa shape index (κ2) is 10.9. The van der Waals surface area contributed by atoms with Crippen molar-refractivity contribution in [3.63, 3.8) is 0 Å². The van der Waals surface area contributed by atoms with Crippen molar-refractivity contribution in [3.05, 3.63) is 69.4 Å². The van der Waals surface area contributed by atoms with E-state index in [1.54, 1.807) is 18.2 Å². The average Bonchev–Trinajstić information content (AvgIpc) is 2.80. The number of fused-ring (bicyclic) bond motifs is 1. The lowest BCUT2D eigenvalue weighted by molar-refractivity contribution is 0.0947. The average molecular weight is 507 g/mol. The van der Waals surface area contributed by atoms with E-state index < -0.39 is 32.8 Å². The van der Waals surface area contributed by atoms with E-state index in [9.17, 15) is 27.5 Å². The molecule has 0 aliphatic carbocycles. The molecule has 0 atom stereocenters. The lowest BCUT2D eigenvalue weighted by atomic mass is 10.1.